The van der Waals surface area contributed by atoms with E-state index in [1.807, 2.05) is 0 Å². The Bertz CT molecular complexity index is 350. The lowest BCUT2D eigenvalue weighted by atomic mass is 10.2. The van der Waals surface area contributed by atoms with Gasteiger partial charge in [-0.15, -0.1) is 0 Å². The van der Waals surface area contributed by atoms with Crippen molar-refractivity contribution in [1.82, 2.24) is 20.6 Å². The fourth-order valence-corrected chi connectivity index (χ4v) is 1.15. The Morgan fingerprint density at radius 1 is 1.62 bits per heavy atom. The monoisotopic (exact) mass is 226 g/mol. The van der Waals surface area contributed by atoms with Crippen molar-refractivity contribution >= 4 is 12.0 Å². The first-order valence-corrected chi connectivity index (χ1v) is 4.82. The summed E-state index contributed by atoms with van der Waals surface area (Å²) in [7, 11) is 0. The minimum absolute atomic E-state index is 0.103. The van der Waals surface area contributed by atoms with Gasteiger partial charge >= 0.3 is 12.0 Å². The number of carbonyl (C=O) groups is 2. The highest BCUT2D eigenvalue weighted by molar-refractivity contribution is 5.75. The maximum Gasteiger partial charge on any atom is 0.315 e. The predicted octanol–water partition coefficient (Wildman–Crippen LogP) is 0.0721. The minimum Gasteiger partial charge on any atom is -0.481 e. The van der Waals surface area contributed by atoms with Gasteiger partial charge in [0.1, 0.15) is 5.82 Å². The van der Waals surface area contributed by atoms with Crippen molar-refractivity contribution in [3.63, 3.8) is 0 Å². The third kappa shape index (κ3) is 4.45. The molecule has 1 aromatic rings. The summed E-state index contributed by atoms with van der Waals surface area (Å²) < 4.78 is 0. The van der Waals surface area contributed by atoms with Crippen LogP contribution in [-0.2, 0) is 11.3 Å². The number of carbonyl (C=O) groups excluding carboxylic acids is 1. The number of nitrogens with one attached hydrogen (secondary N) is 3. The maximum atomic E-state index is 11.3. The van der Waals surface area contributed by atoms with Crippen LogP contribution >= 0.6 is 0 Å². The molecule has 0 fully saturated rings. The molecule has 1 rings (SSSR count). The summed E-state index contributed by atoms with van der Waals surface area (Å²) in [5.74, 6) is -0.306. The molecular formula is C9H14N4O3. The molecule has 7 heteroatoms. The van der Waals surface area contributed by atoms with Crippen LogP contribution in [0.5, 0.6) is 0 Å². The van der Waals surface area contributed by atoms with E-state index in [0.29, 0.717) is 5.82 Å². The van der Waals surface area contributed by atoms with E-state index in [1.165, 1.54) is 0 Å². The molecule has 0 aromatic carbocycles. The zero-order chi connectivity index (χ0) is 12.0. The number of hydrogen-bond donors (Lipinski definition) is 4. The lowest BCUT2D eigenvalue weighted by Gasteiger charge is -2.11. The molecule has 88 valence electrons. The molecule has 1 atom stereocenters. The molecule has 0 radical (unpaired) electrons. The number of rotatable bonds is 5. The predicted molar refractivity (Wildman–Crippen MR) is 55.7 cm³/mol. The Hall–Kier alpha value is -2.05. The molecule has 0 saturated heterocycles. The first-order valence-electron chi connectivity index (χ1n) is 4.82. The zero-order valence-electron chi connectivity index (χ0n) is 8.86. The molecular weight excluding hydrogens is 212 g/mol. The average molecular weight is 226 g/mol. The molecule has 1 aromatic heterocycles. The Balaban J connectivity index is 2.23. The average Bonchev–Trinajstić information content (AvgIpc) is 2.65. The smallest absolute Gasteiger partial charge is 0.315 e. The number of aromatic nitrogens is 2. The highest BCUT2D eigenvalue weighted by atomic mass is 16.4. The van der Waals surface area contributed by atoms with Crippen LogP contribution in [0.15, 0.2) is 12.4 Å². The van der Waals surface area contributed by atoms with Crippen LogP contribution in [0.4, 0.5) is 4.79 Å². The number of H-pyrrole nitrogens is 1. The Labute approximate surface area is 92.3 Å². The van der Waals surface area contributed by atoms with Crippen LogP contribution in [0.2, 0.25) is 0 Å². The second-order valence-electron chi connectivity index (χ2n) is 3.36. The van der Waals surface area contributed by atoms with Crippen LogP contribution in [0.3, 0.4) is 0 Å². The van der Waals surface area contributed by atoms with E-state index in [4.69, 9.17) is 5.11 Å². The van der Waals surface area contributed by atoms with E-state index in [0.717, 1.165) is 0 Å². The summed E-state index contributed by atoms with van der Waals surface area (Å²) in [6.07, 6.45) is 3.14. The number of carboxylic acids is 1. The van der Waals surface area contributed by atoms with E-state index in [-0.39, 0.29) is 13.0 Å². The molecule has 0 saturated carbocycles. The largest absolute Gasteiger partial charge is 0.481 e. The quantitative estimate of drug-likeness (QED) is 0.570. The molecule has 0 aliphatic heterocycles. The minimum atomic E-state index is -0.946. The van der Waals surface area contributed by atoms with Gasteiger partial charge < -0.3 is 20.7 Å². The van der Waals surface area contributed by atoms with Crippen LogP contribution < -0.4 is 10.6 Å². The molecule has 1 heterocycles. The van der Waals surface area contributed by atoms with Crippen molar-refractivity contribution < 1.29 is 14.7 Å². The van der Waals surface area contributed by atoms with Gasteiger partial charge in [-0.3, -0.25) is 4.79 Å². The van der Waals surface area contributed by atoms with Gasteiger partial charge in [0.05, 0.1) is 13.0 Å². The van der Waals surface area contributed by atoms with Crippen LogP contribution in [0.25, 0.3) is 0 Å². The topological polar surface area (TPSA) is 107 Å². The summed E-state index contributed by atoms with van der Waals surface area (Å²) in [6.45, 7) is 1.90. The maximum absolute atomic E-state index is 11.3. The normalized spacial score (nSPS) is 11.8. The Morgan fingerprint density at radius 3 is 2.94 bits per heavy atom. The molecule has 0 spiro atoms. The van der Waals surface area contributed by atoms with Crippen LogP contribution in [-0.4, -0.2) is 33.1 Å². The number of carboxylic acid groups (broad SMARTS) is 1. The fraction of sp³-hybridized carbons (Fsp3) is 0.444. The van der Waals surface area contributed by atoms with Gasteiger partial charge in [-0.1, -0.05) is 0 Å². The highest BCUT2D eigenvalue weighted by Gasteiger charge is 2.10. The number of hydrogen-bond acceptors (Lipinski definition) is 3. The second-order valence-corrected chi connectivity index (χ2v) is 3.36. The Morgan fingerprint density at radius 2 is 2.38 bits per heavy atom. The van der Waals surface area contributed by atoms with Crippen molar-refractivity contribution in [3.8, 4) is 0 Å². The second kappa shape index (κ2) is 5.74. The molecule has 0 aliphatic carbocycles. The van der Waals surface area contributed by atoms with Gasteiger partial charge in [0, 0.05) is 18.4 Å². The molecule has 0 aliphatic rings. The summed E-state index contributed by atoms with van der Waals surface area (Å²) in [5.41, 5.74) is 0. The molecule has 16 heavy (non-hydrogen) atoms. The van der Waals surface area contributed by atoms with Crippen LogP contribution in [0.1, 0.15) is 19.2 Å². The van der Waals surface area contributed by atoms with Gasteiger partial charge in [0.25, 0.3) is 0 Å². The van der Waals surface area contributed by atoms with Gasteiger partial charge in [-0.2, -0.15) is 0 Å². The number of amides is 2. The first-order chi connectivity index (χ1) is 7.58. The van der Waals surface area contributed by atoms with Gasteiger partial charge in [0.15, 0.2) is 0 Å². The standard InChI is InChI=1S/C9H14N4O3/c1-6(4-8(14)15)13-9(16)12-5-7-10-2-3-11-7/h2-3,6H,4-5H2,1H3,(H,10,11)(H,14,15)(H2,12,13,16). The first kappa shape index (κ1) is 12.0. The number of aliphatic carboxylic acids is 1. The third-order valence-corrected chi connectivity index (χ3v) is 1.83. The van der Waals surface area contributed by atoms with Crippen LogP contribution in [0, 0.1) is 0 Å². The van der Waals surface area contributed by atoms with Gasteiger partial charge in [-0.05, 0) is 6.92 Å². The molecule has 2 amide bonds. The summed E-state index contributed by atoms with van der Waals surface area (Å²) >= 11 is 0. The number of aromatic amines is 1. The molecule has 0 bridgehead atoms. The number of nitrogens with zero attached hydrogens (tertiary/aromatic N) is 1. The lowest BCUT2D eigenvalue weighted by molar-refractivity contribution is -0.137. The SMILES string of the molecule is CC(CC(=O)O)NC(=O)NCc1ncc[nH]1. The summed E-state index contributed by atoms with van der Waals surface area (Å²) in [4.78, 5) is 28.4. The van der Waals surface area contributed by atoms with Crippen molar-refractivity contribution in [2.24, 2.45) is 0 Å². The van der Waals surface area contributed by atoms with Crippen molar-refractivity contribution in [2.75, 3.05) is 0 Å². The lowest BCUT2D eigenvalue weighted by Crippen LogP contribution is -2.41. The van der Waals surface area contributed by atoms with Crippen molar-refractivity contribution in [3.05, 3.63) is 18.2 Å². The van der Waals surface area contributed by atoms with E-state index in [2.05, 4.69) is 20.6 Å². The molecule has 7 nitrogen and oxygen atoms in total. The fourth-order valence-electron chi connectivity index (χ4n) is 1.15. The van der Waals surface area contributed by atoms with E-state index in [1.54, 1.807) is 19.3 Å². The summed E-state index contributed by atoms with van der Waals surface area (Å²) in [5, 5.41) is 13.5. The van der Waals surface area contributed by atoms with Gasteiger partial charge in [-0.25, -0.2) is 9.78 Å². The third-order valence-electron chi connectivity index (χ3n) is 1.83. The van der Waals surface area contributed by atoms with Gasteiger partial charge in [0.2, 0.25) is 0 Å². The highest BCUT2D eigenvalue weighted by Crippen LogP contribution is 1.91. The van der Waals surface area contributed by atoms with E-state index < -0.39 is 18.0 Å². The van der Waals surface area contributed by atoms with Crippen molar-refractivity contribution in [2.45, 2.75) is 25.9 Å². The van der Waals surface area contributed by atoms with Crippen molar-refractivity contribution in [1.29, 1.82) is 0 Å². The number of imidazole rings is 1. The van der Waals surface area contributed by atoms with E-state index in [9.17, 15) is 9.59 Å². The number of urea groups is 1. The van der Waals surface area contributed by atoms with E-state index >= 15 is 0 Å². The summed E-state index contributed by atoms with van der Waals surface area (Å²) in [6, 6.07) is -0.820. The zero-order valence-corrected chi connectivity index (χ0v) is 8.86. The Kier molecular flexibility index (Phi) is 4.31. The molecule has 4 N–H and O–H groups in total. The molecule has 1 unspecified atom stereocenters.